The molecule has 1 rings (SSSR count). The fourth-order valence-corrected chi connectivity index (χ4v) is 1.83. The topological polar surface area (TPSA) is 94.8 Å². The number of aliphatic hydroxyl groups is 2. The highest BCUT2D eigenvalue weighted by Crippen LogP contribution is 2.17. The first-order valence-electron chi connectivity index (χ1n) is 3.80. The first-order valence-corrected chi connectivity index (χ1v) is 5.24. The van der Waals surface area contributed by atoms with E-state index in [9.17, 15) is 8.42 Å². The van der Waals surface area contributed by atoms with Gasteiger partial charge in [0.05, 0.1) is 18.1 Å². The highest BCUT2D eigenvalue weighted by Gasteiger charge is 2.15. The number of hydrogen-bond acceptors (Lipinski definition) is 4. The van der Waals surface area contributed by atoms with Crippen molar-refractivity contribution in [3.05, 3.63) is 29.3 Å². The molecule has 1 aromatic carbocycles. The van der Waals surface area contributed by atoms with E-state index in [4.69, 9.17) is 14.8 Å². The van der Waals surface area contributed by atoms with Crippen LogP contribution in [0.3, 0.4) is 0 Å². The lowest BCUT2D eigenvalue weighted by molar-refractivity contribution is 0.274. The van der Waals surface area contributed by atoms with Crippen molar-refractivity contribution in [2.75, 3.05) is 0 Å². The fraction of sp³-hybridized carbons (Fsp3) is 0.250. The summed E-state index contributed by atoms with van der Waals surface area (Å²) in [6, 6.07) is 3.94. The molecule has 1 aromatic rings. The van der Waals surface area contributed by atoms with Gasteiger partial charge in [0.1, 0.15) is 0 Å². The predicted molar refractivity (Wildman–Crippen MR) is 48.1 cm³/mol. The van der Waals surface area contributed by atoms with E-state index in [1.165, 1.54) is 12.1 Å². The summed E-state index contributed by atoms with van der Waals surface area (Å²) < 4.78 is 30.5. The summed E-state index contributed by atoms with van der Waals surface area (Å²) in [5.41, 5.74) is 0.458. The molecule has 0 unspecified atom stereocenters. The highest BCUT2D eigenvalue weighted by molar-refractivity contribution is 7.85. The maximum Gasteiger partial charge on any atom is 0.294 e. The Balaban J connectivity index is 3.37. The minimum absolute atomic E-state index is 0.102. The van der Waals surface area contributed by atoms with E-state index < -0.39 is 16.7 Å². The molecule has 0 spiro atoms. The minimum atomic E-state index is -4.35. The molecule has 78 valence electrons. The van der Waals surface area contributed by atoms with Gasteiger partial charge in [-0.05, 0) is 17.2 Å². The Bertz CT molecular complexity index is 423. The first-order chi connectivity index (χ1) is 6.49. The van der Waals surface area contributed by atoms with Gasteiger partial charge in [-0.1, -0.05) is 12.1 Å². The Morgan fingerprint density at radius 1 is 1.14 bits per heavy atom. The molecule has 0 saturated carbocycles. The van der Waals surface area contributed by atoms with Crippen LogP contribution in [0.5, 0.6) is 0 Å². The van der Waals surface area contributed by atoms with Crippen LogP contribution in [0, 0.1) is 0 Å². The summed E-state index contributed by atoms with van der Waals surface area (Å²) in [5, 5.41) is 17.6. The summed E-state index contributed by atoms with van der Waals surface area (Å²) in [6.07, 6.45) is 0. The van der Waals surface area contributed by atoms with Gasteiger partial charge in [0.2, 0.25) is 0 Å². The zero-order chi connectivity index (χ0) is 10.8. The molecule has 0 radical (unpaired) electrons. The summed E-state index contributed by atoms with van der Waals surface area (Å²) in [7, 11) is -4.35. The first kappa shape index (κ1) is 11.1. The van der Waals surface area contributed by atoms with E-state index in [0.29, 0.717) is 5.56 Å². The van der Waals surface area contributed by atoms with Crippen LogP contribution in [0.25, 0.3) is 0 Å². The average Bonchev–Trinajstić information content (AvgIpc) is 2.15. The van der Waals surface area contributed by atoms with Gasteiger partial charge in [-0.25, -0.2) is 0 Å². The third-order valence-corrected chi connectivity index (χ3v) is 2.70. The van der Waals surface area contributed by atoms with Crippen LogP contribution < -0.4 is 0 Å². The molecule has 0 aromatic heterocycles. The number of hydrogen-bond donors (Lipinski definition) is 3. The van der Waals surface area contributed by atoms with Gasteiger partial charge in [-0.2, -0.15) is 8.42 Å². The van der Waals surface area contributed by atoms with E-state index in [1.54, 1.807) is 0 Å². The average molecular weight is 218 g/mol. The molecule has 0 heterocycles. The molecule has 0 amide bonds. The van der Waals surface area contributed by atoms with E-state index in [0.717, 1.165) is 6.07 Å². The monoisotopic (exact) mass is 218 g/mol. The van der Waals surface area contributed by atoms with Crippen molar-refractivity contribution in [1.82, 2.24) is 0 Å². The standard InChI is InChI=1S/C8H10O5S/c9-4-6-1-2-7(5-10)8(3-6)14(11,12)13/h1-3,9-10H,4-5H2,(H,11,12,13). The molecule has 0 bridgehead atoms. The van der Waals surface area contributed by atoms with Crippen LogP contribution in [0.15, 0.2) is 23.1 Å². The molecular weight excluding hydrogens is 208 g/mol. The van der Waals surface area contributed by atoms with Gasteiger partial charge in [0.25, 0.3) is 10.1 Å². The minimum Gasteiger partial charge on any atom is -0.392 e. The molecule has 0 aliphatic heterocycles. The lowest BCUT2D eigenvalue weighted by Gasteiger charge is -2.05. The van der Waals surface area contributed by atoms with Gasteiger partial charge >= 0.3 is 0 Å². The van der Waals surface area contributed by atoms with Crippen molar-refractivity contribution >= 4 is 10.1 Å². The molecule has 6 heteroatoms. The lowest BCUT2D eigenvalue weighted by atomic mass is 10.1. The summed E-state index contributed by atoms with van der Waals surface area (Å²) in [4.78, 5) is -0.369. The summed E-state index contributed by atoms with van der Waals surface area (Å²) in [6.45, 7) is -0.810. The van der Waals surface area contributed by atoms with Crippen molar-refractivity contribution < 1.29 is 23.2 Å². The SMILES string of the molecule is O=S(=O)(O)c1cc(CO)ccc1CO. The molecule has 14 heavy (non-hydrogen) atoms. The molecule has 0 saturated heterocycles. The third-order valence-electron chi connectivity index (χ3n) is 1.76. The fourth-order valence-electron chi connectivity index (χ4n) is 1.07. The second-order valence-electron chi connectivity index (χ2n) is 2.73. The summed E-state index contributed by atoms with van der Waals surface area (Å²) in [5.74, 6) is 0. The molecule has 3 N–H and O–H groups in total. The maximum absolute atomic E-state index is 10.8. The van der Waals surface area contributed by atoms with Crippen molar-refractivity contribution in [3.8, 4) is 0 Å². The Morgan fingerprint density at radius 2 is 1.79 bits per heavy atom. The van der Waals surface area contributed by atoms with E-state index in [-0.39, 0.29) is 17.1 Å². The second kappa shape index (κ2) is 4.05. The van der Waals surface area contributed by atoms with Crippen molar-refractivity contribution in [3.63, 3.8) is 0 Å². The highest BCUT2D eigenvalue weighted by atomic mass is 32.2. The number of benzene rings is 1. The Kier molecular flexibility index (Phi) is 3.22. The molecule has 0 atom stereocenters. The zero-order valence-corrected chi connectivity index (χ0v) is 8.03. The van der Waals surface area contributed by atoms with Gasteiger partial charge in [-0.3, -0.25) is 4.55 Å². The van der Waals surface area contributed by atoms with Gasteiger partial charge < -0.3 is 10.2 Å². The largest absolute Gasteiger partial charge is 0.392 e. The van der Waals surface area contributed by atoms with E-state index >= 15 is 0 Å². The lowest BCUT2D eigenvalue weighted by Crippen LogP contribution is -2.04. The normalized spacial score (nSPS) is 11.6. The Morgan fingerprint density at radius 3 is 2.21 bits per heavy atom. The van der Waals surface area contributed by atoms with Crippen LogP contribution in [-0.2, 0) is 23.3 Å². The third kappa shape index (κ3) is 2.30. The van der Waals surface area contributed by atoms with E-state index in [1.807, 2.05) is 0 Å². The van der Waals surface area contributed by atoms with Gasteiger partial charge in [-0.15, -0.1) is 0 Å². The second-order valence-corrected chi connectivity index (χ2v) is 4.12. The van der Waals surface area contributed by atoms with Crippen LogP contribution in [0.4, 0.5) is 0 Å². The quantitative estimate of drug-likeness (QED) is 0.617. The van der Waals surface area contributed by atoms with Gasteiger partial charge in [0.15, 0.2) is 0 Å². The molecule has 0 fully saturated rings. The van der Waals surface area contributed by atoms with Crippen molar-refractivity contribution in [2.24, 2.45) is 0 Å². The van der Waals surface area contributed by atoms with E-state index in [2.05, 4.69) is 0 Å². The summed E-state index contributed by atoms with van der Waals surface area (Å²) >= 11 is 0. The van der Waals surface area contributed by atoms with Crippen LogP contribution in [-0.4, -0.2) is 23.2 Å². The Hall–Kier alpha value is -0.950. The molecular formula is C8H10O5S. The van der Waals surface area contributed by atoms with Gasteiger partial charge in [0, 0.05) is 0 Å². The van der Waals surface area contributed by atoms with Crippen LogP contribution in [0.1, 0.15) is 11.1 Å². The number of aliphatic hydroxyl groups excluding tert-OH is 2. The maximum atomic E-state index is 10.8. The number of rotatable bonds is 3. The predicted octanol–water partition coefficient (Wildman–Crippen LogP) is -0.0821. The van der Waals surface area contributed by atoms with Crippen LogP contribution >= 0.6 is 0 Å². The van der Waals surface area contributed by atoms with Crippen molar-refractivity contribution in [2.45, 2.75) is 18.1 Å². The smallest absolute Gasteiger partial charge is 0.294 e. The van der Waals surface area contributed by atoms with Crippen molar-refractivity contribution in [1.29, 1.82) is 0 Å². The van der Waals surface area contributed by atoms with Crippen LogP contribution in [0.2, 0.25) is 0 Å². The zero-order valence-electron chi connectivity index (χ0n) is 7.21. The molecule has 0 aliphatic rings. The Labute approximate surface area is 81.4 Å². The molecule has 5 nitrogen and oxygen atoms in total. The molecule has 0 aliphatic carbocycles.